The molecule has 0 heterocycles. The van der Waals surface area contributed by atoms with Gasteiger partial charge in [-0.25, -0.2) is 0 Å². The predicted molar refractivity (Wildman–Crippen MR) is 74.6 cm³/mol. The standard InChI is InChI=1S/C15H27NO3/c1-11-5-7-12(8-6-11)16-13(17)9-10-14(18)19-15(2,3)4/h11-12H,5-10H2,1-4H3,(H,16,17). The molecular formula is C15H27NO3. The summed E-state index contributed by atoms with van der Waals surface area (Å²) in [6, 6.07) is 0.294. The van der Waals surface area contributed by atoms with Crippen molar-refractivity contribution >= 4 is 11.9 Å². The van der Waals surface area contributed by atoms with E-state index < -0.39 is 5.60 Å². The van der Waals surface area contributed by atoms with Crippen LogP contribution in [0.1, 0.15) is 66.2 Å². The molecule has 0 unspecified atom stereocenters. The molecule has 4 heteroatoms. The summed E-state index contributed by atoms with van der Waals surface area (Å²) in [7, 11) is 0. The molecule has 1 amide bonds. The number of hydrogen-bond donors (Lipinski definition) is 1. The Kier molecular flexibility index (Phi) is 5.83. The second kappa shape index (κ2) is 6.92. The van der Waals surface area contributed by atoms with Crippen molar-refractivity contribution in [3.8, 4) is 0 Å². The molecule has 19 heavy (non-hydrogen) atoms. The number of ether oxygens (including phenoxy) is 1. The van der Waals surface area contributed by atoms with Crippen LogP contribution in [-0.4, -0.2) is 23.5 Å². The molecule has 0 spiro atoms. The van der Waals surface area contributed by atoms with E-state index in [4.69, 9.17) is 4.74 Å². The van der Waals surface area contributed by atoms with Gasteiger partial charge in [0.25, 0.3) is 0 Å². The van der Waals surface area contributed by atoms with Gasteiger partial charge in [-0.1, -0.05) is 6.92 Å². The monoisotopic (exact) mass is 269 g/mol. The van der Waals surface area contributed by atoms with Gasteiger partial charge >= 0.3 is 5.97 Å². The largest absolute Gasteiger partial charge is 0.460 e. The van der Waals surface area contributed by atoms with Crippen LogP contribution in [0, 0.1) is 5.92 Å². The van der Waals surface area contributed by atoms with Crippen LogP contribution < -0.4 is 5.32 Å². The number of amides is 1. The Morgan fingerprint density at radius 1 is 1.11 bits per heavy atom. The number of esters is 1. The Morgan fingerprint density at radius 3 is 2.21 bits per heavy atom. The Hall–Kier alpha value is -1.06. The van der Waals surface area contributed by atoms with Gasteiger partial charge in [-0.15, -0.1) is 0 Å². The van der Waals surface area contributed by atoms with Crippen LogP contribution in [0.15, 0.2) is 0 Å². The normalized spacial score (nSPS) is 23.8. The zero-order valence-electron chi connectivity index (χ0n) is 12.6. The SMILES string of the molecule is CC1CCC(NC(=O)CCC(=O)OC(C)(C)C)CC1. The maximum absolute atomic E-state index is 11.7. The molecule has 1 N–H and O–H groups in total. The van der Waals surface area contributed by atoms with Crippen molar-refractivity contribution in [1.82, 2.24) is 5.32 Å². The first-order chi connectivity index (χ1) is 8.76. The van der Waals surface area contributed by atoms with Crippen molar-refractivity contribution in [2.45, 2.75) is 77.9 Å². The third kappa shape index (κ3) is 7.19. The van der Waals surface area contributed by atoms with Gasteiger partial charge in [-0.05, 0) is 52.4 Å². The van der Waals surface area contributed by atoms with Gasteiger partial charge in [0.15, 0.2) is 0 Å². The molecule has 110 valence electrons. The molecule has 0 radical (unpaired) electrons. The Labute approximate surface area is 116 Å². The molecule has 4 nitrogen and oxygen atoms in total. The maximum atomic E-state index is 11.7. The quantitative estimate of drug-likeness (QED) is 0.798. The summed E-state index contributed by atoms with van der Waals surface area (Å²) in [6.07, 6.45) is 4.85. The predicted octanol–water partition coefficient (Wildman–Crippen LogP) is 2.80. The van der Waals surface area contributed by atoms with Crippen molar-refractivity contribution in [2.75, 3.05) is 0 Å². The molecule has 1 saturated carbocycles. The summed E-state index contributed by atoms with van der Waals surface area (Å²) in [5.41, 5.74) is -0.479. The summed E-state index contributed by atoms with van der Waals surface area (Å²) >= 11 is 0. The maximum Gasteiger partial charge on any atom is 0.306 e. The van der Waals surface area contributed by atoms with E-state index in [1.54, 1.807) is 0 Å². The smallest absolute Gasteiger partial charge is 0.306 e. The molecule has 1 rings (SSSR count). The van der Waals surface area contributed by atoms with Crippen LogP contribution in [0.3, 0.4) is 0 Å². The number of carbonyl (C=O) groups is 2. The molecule has 0 aromatic rings. The Balaban J connectivity index is 2.19. The van der Waals surface area contributed by atoms with Crippen LogP contribution in [0.5, 0.6) is 0 Å². The second-order valence-corrected chi connectivity index (χ2v) is 6.61. The molecule has 0 atom stereocenters. The molecule has 0 bridgehead atoms. The van der Waals surface area contributed by atoms with Crippen molar-refractivity contribution in [3.05, 3.63) is 0 Å². The van der Waals surface area contributed by atoms with Crippen molar-refractivity contribution in [1.29, 1.82) is 0 Å². The molecular weight excluding hydrogens is 242 g/mol. The lowest BCUT2D eigenvalue weighted by Gasteiger charge is -2.27. The van der Waals surface area contributed by atoms with E-state index >= 15 is 0 Å². The van der Waals surface area contributed by atoms with E-state index in [-0.39, 0.29) is 24.7 Å². The zero-order chi connectivity index (χ0) is 14.5. The van der Waals surface area contributed by atoms with Crippen LogP contribution >= 0.6 is 0 Å². The minimum absolute atomic E-state index is 0.0367. The average molecular weight is 269 g/mol. The van der Waals surface area contributed by atoms with E-state index in [2.05, 4.69) is 12.2 Å². The van der Waals surface area contributed by atoms with Crippen LogP contribution in [0.2, 0.25) is 0 Å². The third-order valence-corrected chi connectivity index (χ3v) is 3.36. The minimum atomic E-state index is -0.479. The summed E-state index contributed by atoms with van der Waals surface area (Å²) in [6.45, 7) is 7.73. The van der Waals surface area contributed by atoms with E-state index in [1.807, 2.05) is 20.8 Å². The molecule has 1 aliphatic rings. The van der Waals surface area contributed by atoms with Gasteiger partial charge in [-0.2, -0.15) is 0 Å². The molecule has 0 aromatic heterocycles. The Bertz CT molecular complexity index is 312. The van der Waals surface area contributed by atoms with Crippen LogP contribution in [-0.2, 0) is 14.3 Å². The summed E-state index contributed by atoms with van der Waals surface area (Å²) in [4.78, 5) is 23.2. The third-order valence-electron chi connectivity index (χ3n) is 3.36. The van der Waals surface area contributed by atoms with E-state index in [0.29, 0.717) is 6.04 Å². The van der Waals surface area contributed by atoms with E-state index in [9.17, 15) is 9.59 Å². The van der Waals surface area contributed by atoms with Gasteiger partial charge in [0.1, 0.15) is 5.60 Å². The summed E-state index contributed by atoms with van der Waals surface area (Å²) in [5.74, 6) is 0.431. The molecule has 1 aliphatic carbocycles. The highest BCUT2D eigenvalue weighted by molar-refractivity contribution is 5.81. The molecule has 1 fully saturated rings. The lowest BCUT2D eigenvalue weighted by atomic mass is 9.87. The molecule has 0 saturated heterocycles. The lowest BCUT2D eigenvalue weighted by molar-refractivity contribution is -0.155. The lowest BCUT2D eigenvalue weighted by Crippen LogP contribution is -2.37. The fraction of sp³-hybridized carbons (Fsp3) is 0.867. The van der Waals surface area contributed by atoms with E-state index in [1.165, 1.54) is 12.8 Å². The second-order valence-electron chi connectivity index (χ2n) is 6.61. The van der Waals surface area contributed by atoms with Crippen molar-refractivity contribution < 1.29 is 14.3 Å². The Morgan fingerprint density at radius 2 is 1.68 bits per heavy atom. The van der Waals surface area contributed by atoms with Gasteiger partial charge in [0, 0.05) is 12.5 Å². The zero-order valence-corrected chi connectivity index (χ0v) is 12.6. The van der Waals surface area contributed by atoms with E-state index in [0.717, 1.165) is 18.8 Å². The first-order valence-electron chi connectivity index (χ1n) is 7.27. The fourth-order valence-electron chi connectivity index (χ4n) is 2.31. The number of rotatable bonds is 4. The number of nitrogens with one attached hydrogen (secondary N) is 1. The minimum Gasteiger partial charge on any atom is -0.460 e. The number of carbonyl (C=O) groups excluding carboxylic acids is 2. The number of hydrogen-bond acceptors (Lipinski definition) is 3. The van der Waals surface area contributed by atoms with Crippen molar-refractivity contribution in [2.24, 2.45) is 5.92 Å². The van der Waals surface area contributed by atoms with Crippen molar-refractivity contribution in [3.63, 3.8) is 0 Å². The summed E-state index contributed by atoms with van der Waals surface area (Å²) in [5, 5.41) is 3.01. The van der Waals surface area contributed by atoms with Gasteiger partial charge in [-0.3, -0.25) is 9.59 Å². The van der Waals surface area contributed by atoms with Gasteiger partial charge < -0.3 is 10.1 Å². The topological polar surface area (TPSA) is 55.4 Å². The highest BCUT2D eigenvalue weighted by Gasteiger charge is 2.21. The van der Waals surface area contributed by atoms with Gasteiger partial charge in [0.05, 0.1) is 6.42 Å². The fourth-order valence-corrected chi connectivity index (χ4v) is 2.31. The highest BCUT2D eigenvalue weighted by atomic mass is 16.6. The van der Waals surface area contributed by atoms with Crippen LogP contribution in [0.4, 0.5) is 0 Å². The van der Waals surface area contributed by atoms with Gasteiger partial charge in [0.2, 0.25) is 5.91 Å². The molecule has 0 aliphatic heterocycles. The highest BCUT2D eigenvalue weighted by Crippen LogP contribution is 2.23. The van der Waals surface area contributed by atoms with Crippen LogP contribution in [0.25, 0.3) is 0 Å². The molecule has 0 aromatic carbocycles. The first-order valence-corrected chi connectivity index (χ1v) is 7.27. The average Bonchev–Trinajstić information content (AvgIpc) is 2.27. The first kappa shape index (κ1) is 16.0. The summed E-state index contributed by atoms with van der Waals surface area (Å²) < 4.78 is 5.17.